The topological polar surface area (TPSA) is 113 Å². The molecule has 0 unspecified atom stereocenters. The summed E-state index contributed by atoms with van der Waals surface area (Å²) in [4.78, 5) is 24.8. The minimum atomic E-state index is -2.08. The maximum Gasteiger partial charge on any atom is 0.414 e. The van der Waals surface area contributed by atoms with Crippen LogP contribution in [0.2, 0.25) is 36.3 Å². The number of hydrogen-bond donors (Lipinski definition) is 0. The Hall–Kier alpha value is -3.47. The highest BCUT2D eigenvalue weighted by Gasteiger charge is 2.48. The second kappa shape index (κ2) is 13.1. The van der Waals surface area contributed by atoms with E-state index in [2.05, 4.69) is 88.2 Å². The predicted octanol–water partition coefficient (Wildman–Crippen LogP) is 7.41. The number of carbonyl (C=O) groups excluding carboxylic acids is 1. The van der Waals surface area contributed by atoms with Crippen molar-refractivity contribution in [1.82, 2.24) is 20.0 Å². The van der Waals surface area contributed by atoms with Crippen molar-refractivity contribution in [3.05, 3.63) is 60.4 Å². The number of ether oxygens (including phenoxy) is 1. The van der Waals surface area contributed by atoms with E-state index in [0.717, 1.165) is 0 Å². The van der Waals surface area contributed by atoms with Gasteiger partial charge in [0.1, 0.15) is 17.6 Å². The van der Waals surface area contributed by atoms with Gasteiger partial charge in [-0.25, -0.2) is 13.9 Å². The molecule has 3 aromatic rings. The number of anilines is 1. The molecule has 1 aromatic carbocycles. The summed E-state index contributed by atoms with van der Waals surface area (Å²) >= 11 is 0. The van der Waals surface area contributed by atoms with E-state index in [9.17, 15) is 4.79 Å². The SMILES string of the molecule is CC(C)(C)[Si](C)(C)OCC1(CO[Si](C)(C)C(C)(C)C)CC(c2ccc(-c3ccc(N4C[C@H](Cn5ccnn5)OC4=O)cc3F)cn2)=NO1. The fraction of sp³-hybridized carbons (Fsp3) is 0.559. The van der Waals surface area contributed by atoms with Crippen molar-refractivity contribution < 1.29 is 27.6 Å². The molecule has 1 atom stereocenters. The number of amides is 1. The van der Waals surface area contributed by atoms with Crippen molar-refractivity contribution in [1.29, 1.82) is 0 Å². The van der Waals surface area contributed by atoms with Gasteiger partial charge >= 0.3 is 6.09 Å². The molecule has 0 bridgehead atoms. The average molecular weight is 697 g/mol. The zero-order valence-electron chi connectivity index (χ0n) is 29.8. The highest BCUT2D eigenvalue weighted by molar-refractivity contribution is 6.74. The van der Waals surface area contributed by atoms with Crippen LogP contribution in [0.3, 0.4) is 0 Å². The lowest BCUT2D eigenvalue weighted by molar-refractivity contribution is -0.0813. The van der Waals surface area contributed by atoms with Crippen LogP contribution < -0.4 is 4.90 Å². The molecule has 4 heterocycles. The second-order valence-corrected chi connectivity index (χ2v) is 25.5. The van der Waals surface area contributed by atoms with Crippen molar-refractivity contribution in [2.45, 2.75) is 102 Å². The lowest BCUT2D eigenvalue weighted by Crippen LogP contribution is -2.51. The lowest BCUT2D eigenvalue weighted by atomic mass is 9.97. The minimum absolute atomic E-state index is 0.0421. The Morgan fingerprint density at radius 3 is 2.21 bits per heavy atom. The number of rotatable bonds is 11. The van der Waals surface area contributed by atoms with Gasteiger partial charge in [-0.15, -0.1) is 5.10 Å². The Labute approximate surface area is 285 Å². The molecule has 0 aliphatic carbocycles. The standard InChI is InChI=1S/C34H49FN6O5Si2/c1-32(2,3)47(7,8)43-22-34(23-44-48(9,10)33(4,5)6)18-30(38-46-34)29-14-11-24(19-36-29)27-13-12-25(17-28(27)35)41-21-26(45-31(41)42)20-40-16-15-37-39-40/h11-17,19,26H,18,20-23H2,1-10H3/t26-/m0/s1. The number of oxime groups is 1. The van der Waals surface area contributed by atoms with Gasteiger partial charge in [0.05, 0.1) is 43.9 Å². The molecule has 260 valence electrons. The summed E-state index contributed by atoms with van der Waals surface area (Å²) in [6, 6.07) is 8.35. The van der Waals surface area contributed by atoms with Gasteiger partial charge in [-0.3, -0.25) is 9.88 Å². The quantitative estimate of drug-likeness (QED) is 0.191. The molecule has 2 aliphatic rings. The number of halogens is 1. The van der Waals surface area contributed by atoms with Crippen molar-refractivity contribution in [3.8, 4) is 11.1 Å². The van der Waals surface area contributed by atoms with Gasteiger partial charge in [-0.2, -0.15) is 0 Å². The Morgan fingerprint density at radius 2 is 1.67 bits per heavy atom. The van der Waals surface area contributed by atoms with E-state index in [4.69, 9.17) is 18.4 Å². The fourth-order valence-corrected chi connectivity index (χ4v) is 7.02. The van der Waals surface area contributed by atoms with Gasteiger partial charge < -0.3 is 18.4 Å². The minimum Gasteiger partial charge on any atom is -0.442 e. The zero-order valence-corrected chi connectivity index (χ0v) is 31.8. The van der Waals surface area contributed by atoms with Crippen molar-refractivity contribution in [2.24, 2.45) is 5.16 Å². The molecule has 2 aliphatic heterocycles. The molecule has 1 fully saturated rings. The number of carbonyl (C=O) groups is 1. The van der Waals surface area contributed by atoms with E-state index in [1.165, 1.54) is 11.0 Å². The third-order valence-electron chi connectivity index (χ3n) is 10.2. The average Bonchev–Trinajstić information content (AvgIpc) is 3.75. The third-order valence-corrected chi connectivity index (χ3v) is 19.2. The number of benzene rings is 1. The molecule has 14 heteroatoms. The maximum atomic E-state index is 15.5. The van der Waals surface area contributed by atoms with Crippen molar-refractivity contribution in [3.63, 3.8) is 0 Å². The van der Waals surface area contributed by atoms with E-state index in [-0.39, 0.29) is 16.6 Å². The number of hydrogen-bond acceptors (Lipinski definition) is 9. The monoisotopic (exact) mass is 696 g/mol. The Bertz CT molecular complexity index is 1600. The molecule has 11 nitrogen and oxygen atoms in total. The Kier molecular flexibility index (Phi) is 9.78. The molecule has 0 N–H and O–H groups in total. The summed E-state index contributed by atoms with van der Waals surface area (Å²) in [7, 11) is -4.15. The Morgan fingerprint density at radius 1 is 1.00 bits per heavy atom. The molecule has 1 saturated heterocycles. The van der Waals surface area contributed by atoms with Gasteiger partial charge in [0, 0.05) is 29.9 Å². The van der Waals surface area contributed by atoms with Crippen LogP contribution in [-0.2, 0) is 25.0 Å². The van der Waals surface area contributed by atoms with Crippen LogP contribution in [0.4, 0.5) is 14.9 Å². The van der Waals surface area contributed by atoms with Gasteiger partial charge in [0.15, 0.2) is 22.2 Å². The first-order valence-electron chi connectivity index (χ1n) is 16.4. The zero-order chi connectivity index (χ0) is 35.1. The number of aromatic nitrogens is 4. The summed E-state index contributed by atoms with van der Waals surface area (Å²) in [5.41, 5.74) is 1.96. The first kappa shape index (κ1) is 35.8. The summed E-state index contributed by atoms with van der Waals surface area (Å²) in [6.45, 7) is 23.6. The van der Waals surface area contributed by atoms with Crippen LogP contribution in [0.5, 0.6) is 0 Å². The first-order valence-corrected chi connectivity index (χ1v) is 22.2. The molecule has 0 saturated carbocycles. The molecule has 2 aromatic heterocycles. The van der Waals surface area contributed by atoms with Crippen LogP contribution in [0, 0.1) is 5.82 Å². The normalized spacial score (nSPS) is 18.6. The van der Waals surface area contributed by atoms with E-state index >= 15 is 4.39 Å². The molecule has 0 radical (unpaired) electrons. The summed E-state index contributed by atoms with van der Waals surface area (Å²) in [5.74, 6) is -0.472. The van der Waals surface area contributed by atoms with Gasteiger partial charge in [0.25, 0.3) is 0 Å². The molecule has 1 amide bonds. The predicted molar refractivity (Wildman–Crippen MR) is 189 cm³/mol. The van der Waals surface area contributed by atoms with Gasteiger partial charge in [-0.1, -0.05) is 58.0 Å². The summed E-state index contributed by atoms with van der Waals surface area (Å²) in [6.07, 6.45) is 4.42. The third kappa shape index (κ3) is 7.71. The van der Waals surface area contributed by atoms with Crippen LogP contribution >= 0.6 is 0 Å². The van der Waals surface area contributed by atoms with Crippen LogP contribution in [0.25, 0.3) is 11.1 Å². The second-order valence-electron chi connectivity index (χ2n) is 15.9. The van der Waals surface area contributed by atoms with Gasteiger partial charge in [-0.05, 0) is 60.5 Å². The Balaban J connectivity index is 1.28. The van der Waals surface area contributed by atoms with Crippen LogP contribution in [-0.4, -0.2) is 79.9 Å². The first-order chi connectivity index (χ1) is 22.3. The molecule has 0 spiro atoms. The molecule has 5 rings (SSSR count). The molecule has 48 heavy (non-hydrogen) atoms. The van der Waals surface area contributed by atoms with E-state index < -0.39 is 40.3 Å². The number of cyclic esters (lactones) is 1. The van der Waals surface area contributed by atoms with Crippen LogP contribution in [0.15, 0.2) is 54.1 Å². The lowest BCUT2D eigenvalue weighted by Gasteiger charge is -2.41. The van der Waals surface area contributed by atoms with Crippen LogP contribution in [0.1, 0.15) is 53.7 Å². The van der Waals surface area contributed by atoms with Gasteiger partial charge in [0.2, 0.25) is 0 Å². The molecular weight excluding hydrogens is 648 g/mol. The summed E-state index contributed by atoms with van der Waals surface area (Å²) in [5, 5.41) is 12.3. The summed E-state index contributed by atoms with van der Waals surface area (Å²) < 4.78 is 35.8. The van der Waals surface area contributed by atoms with E-state index in [1.807, 2.05) is 12.1 Å². The van der Waals surface area contributed by atoms with E-state index in [0.29, 0.717) is 54.4 Å². The largest absolute Gasteiger partial charge is 0.442 e. The van der Waals surface area contributed by atoms with E-state index in [1.54, 1.807) is 35.4 Å². The van der Waals surface area contributed by atoms with Crippen molar-refractivity contribution >= 4 is 34.1 Å². The number of pyridine rings is 1. The maximum absolute atomic E-state index is 15.5. The fourth-order valence-electron chi connectivity index (χ4n) is 4.91. The van der Waals surface area contributed by atoms with Crippen molar-refractivity contribution in [2.75, 3.05) is 24.7 Å². The number of nitrogens with zero attached hydrogens (tertiary/aromatic N) is 6. The molecular formula is C34H49FN6O5Si2. The highest BCUT2D eigenvalue weighted by Crippen LogP contribution is 2.41. The smallest absolute Gasteiger partial charge is 0.414 e. The highest BCUT2D eigenvalue weighted by atomic mass is 28.4.